The average Bonchev–Trinajstić information content (AvgIpc) is 3.73. The highest BCUT2D eigenvalue weighted by Crippen LogP contribution is 2.39. The minimum absolute atomic E-state index is 0.823. The van der Waals surface area contributed by atoms with Gasteiger partial charge in [0.05, 0.1) is 27.6 Å². The maximum absolute atomic E-state index is 5.38. The Morgan fingerprint density at radius 1 is 0.340 bits per heavy atom. The topological polar surface area (TPSA) is 35.1 Å². The van der Waals surface area contributed by atoms with Crippen LogP contribution in [0, 0.1) is 0 Å². The molecule has 232 valence electrons. The Labute approximate surface area is 287 Å². The lowest BCUT2D eigenvalue weighted by atomic mass is 9.98. The highest BCUT2D eigenvalue weighted by atomic mass is 15.2. The van der Waals surface area contributed by atoms with Crippen LogP contribution in [0.25, 0.3) is 99.1 Å². The minimum atomic E-state index is 0.823. The third-order valence-corrected chi connectivity index (χ3v) is 10.3. The summed E-state index contributed by atoms with van der Waals surface area (Å²) in [4.78, 5) is 10.5. The van der Waals surface area contributed by atoms with E-state index in [0.717, 1.165) is 44.6 Å². The first-order chi connectivity index (χ1) is 24.8. The molecule has 0 radical (unpaired) electrons. The molecule has 50 heavy (non-hydrogen) atoms. The molecule has 11 rings (SSSR count). The standard InChI is InChI=1S/C46H28N4/c1-3-11-31-25-33(19-17-29(31)9-1)35-21-23-42-38(27-35)39-28-36(34-20-18-30-10-2-4-12-32(30)26-34)22-24-43(39)49(42)46-48-40-14-6-5-13-37(40)45-47-41-15-7-8-16-44(41)50(45)46/h1-28H. The van der Waals surface area contributed by atoms with Gasteiger partial charge in [-0.1, -0.05) is 109 Å². The van der Waals surface area contributed by atoms with Gasteiger partial charge in [-0.2, -0.15) is 0 Å². The van der Waals surface area contributed by atoms with Crippen molar-refractivity contribution in [3.8, 4) is 28.2 Å². The number of hydrogen-bond donors (Lipinski definition) is 0. The third-order valence-electron chi connectivity index (χ3n) is 10.3. The van der Waals surface area contributed by atoms with Crippen molar-refractivity contribution in [3.63, 3.8) is 0 Å². The molecule has 0 aliphatic carbocycles. The van der Waals surface area contributed by atoms with Crippen LogP contribution in [0.4, 0.5) is 0 Å². The van der Waals surface area contributed by atoms with Crippen molar-refractivity contribution >= 4 is 70.9 Å². The Hall–Kier alpha value is -6.78. The molecular weight excluding hydrogens is 609 g/mol. The molecule has 0 bridgehead atoms. The second-order valence-corrected chi connectivity index (χ2v) is 13.1. The molecule has 0 N–H and O–H groups in total. The molecule has 0 saturated heterocycles. The first-order valence-electron chi connectivity index (χ1n) is 17.0. The van der Waals surface area contributed by atoms with Crippen molar-refractivity contribution in [2.24, 2.45) is 0 Å². The minimum Gasteiger partial charge on any atom is -0.279 e. The normalized spacial score (nSPS) is 12.0. The molecule has 0 spiro atoms. The van der Waals surface area contributed by atoms with Crippen LogP contribution in [0.1, 0.15) is 0 Å². The van der Waals surface area contributed by atoms with E-state index in [4.69, 9.17) is 9.97 Å². The summed E-state index contributed by atoms with van der Waals surface area (Å²) < 4.78 is 4.55. The highest BCUT2D eigenvalue weighted by molar-refractivity contribution is 6.12. The Bertz CT molecular complexity index is 3030. The Morgan fingerprint density at radius 2 is 0.840 bits per heavy atom. The summed E-state index contributed by atoms with van der Waals surface area (Å²) >= 11 is 0. The van der Waals surface area contributed by atoms with E-state index in [1.54, 1.807) is 0 Å². The molecule has 4 heteroatoms. The van der Waals surface area contributed by atoms with E-state index < -0.39 is 0 Å². The lowest BCUT2D eigenvalue weighted by Gasteiger charge is -2.13. The fraction of sp³-hybridized carbons (Fsp3) is 0. The van der Waals surface area contributed by atoms with Crippen LogP contribution >= 0.6 is 0 Å². The van der Waals surface area contributed by atoms with Crippen molar-refractivity contribution in [2.45, 2.75) is 0 Å². The molecule has 3 heterocycles. The summed E-state index contributed by atoms with van der Waals surface area (Å²) in [5.41, 5.74) is 10.8. The van der Waals surface area contributed by atoms with Gasteiger partial charge < -0.3 is 0 Å². The molecule has 4 nitrogen and oxygen atoms in total. The fourth-order valence-corrected chi connectivity index (χ4v) is 7.81. The Kier molecular flexibility index (Phi) is 5.63. The van der Waals surface area contributed by atoms with Crippen molar-refractivity contribution in [3.05, 3.63) is 170 Å². The van der Waals surface area contributed by atoms with Crippen LogP contribution in [-0.4, -0.2) is 18.9 Å². The molecule has 3 aromatic heterocycles. The van der Waals surface area contributed by atoms with E-state index in [2.05, 4.69) is 173 Å². The molecule has 0 amide bonds. The molecular formula is C46H28N4. The first kappa shape index (κ1) is 27.2. The predicted molar refractivity (Wildman–Crippen MR) is 208 cm³/mol. The van der Waals surface area contributed by atoms with E-state index in [0.29, 0.717) is 0 Å². The lowest BCUT2D eigenvalue weighted by molar-refractivity contribution is 0.979. The smallest absolute Gasteiger partial charge is 0.221 e. The summed E-state index contributed by atoms with van der Waals surface area (Å²) in [5, 5.41) is 8.36. The van der Waals surface area contributed by atoms with Crippen LogP contribution < -0.4 is 0 Å². The largest absolute Gasteiger partial charge is 0.279 e. The van der Waals surface area contributed by atoms with Gasteiger partial charge >= 0.3 is 0 Å². The quantitative estimate of drug-likeness (QED) is 0.193. The summed E-state index contributed by atoms with van der Waals surface area (Å²) in [6.07, 6.45) is 0. The van der Waals surface area contributed by atoms with Gasteiger partial charge in [-0.15, -0.1) is 0 Å². The van der Waals surface area contributed by atoms with Gasteiger partial charge in [-0.05, 0) is 104 Å². The average molecular weight is 637 g/mol. The number of hydrogen-bond acceptors (Lipinski definition) is 2. The Balaban J connectivity index is 1.23. The van der Waals surface area contributed by atoms with Crippen LogP contribution in [0.3, 0.4) is 0 Å². The maximum atomic E-state index is 5.38. The van der Waals surface area contributed by atoms with Crippen molar-refractivity contribution in [1.82, 2.24) is 18.9 Å². The second kappa shape index (κ2) is 10.4. The summed E-state index contributed by atoms with van der Waals surface area (Å²) in [6.45, 7) is 0. The van der Waals surface area contributed by atoms with Crippen LogP contribution in [0.2, 0.25) is 0 Å². The highest BCUT2D eigenvalue weighted by Gasteiger charge is 2.21. The molecule has 0 aliphatic rings. The molecule has 11 aromatic rings. The molecule has 0 fully saturated rings. The fourth-order valence-electron chi connectivity index (χ4n) is 7.81. The van der Waals surface area contributed by atoms with E-state index in [1.165, 1.54) is 54.6 Å². The zero-order valence-electron chi connectivity index (χ0n) is 27.0. The molecule has 0 atom stereocenters. The summed E-state index contributed by atoms with van der Waals surface area (Å²) in [5.74, 6) is 0.823. The van der Waals surface area contributed by atoms with Crippen molar-refractivity contribution in [1.29, 1.82) is 0 Å². The van der Waals surface area contributed by atoms with Crippen molar-refractivity contribution < 1.29 is 0 Å². The van der Waals surface area contributed by atoms with E-state index in [-0.39, 0.29) is 0 Å². The number of imidazole rings is 1. The van der Waals surface area contributed by atoms with Crippen LogP contribution in [0.5, 0.6) is 0 Å². The molecule has 0 aliphatic heterocycles. The second-order valence-electron chi connectivity index (χ2n) is 13.1. The van der Waals surface area contributed by atoms with Gasteiger partial charge in [0.2, 0.25) is 5.95 Å². The number of nitrogens with zero attached hydrogens (tertiary/aromatic N) is 4. The van der Waals surface area contributed by atoms with Gasteiger partial charge in [0, 0.05) is 16.2 Å². The first-order valence-corrected chi connectivity index (χ1v) is 17.0. The van der Waals surface area contributed by atoms with Crippen LogP contribution in [-0.2, 0) is 0 Å². The number of fused-ring (bicyclic) bond motifs is 10. The molecule has 0 unspecified atom stereocenters. The number of benzene rings is 8. The van der Waals surface area contributed by atoms with Crippen LogP contribution in [0.15, 0.2) is 170 Å². The Morgan fingerprint density at radius 3 is 1.48 bits per heavy atom. The molecule has 0 saturated carbocycles. The molecule has 8 aromatic carbocycles. The van der Waals surface area contributed by atoms with E-state index in [9.17, 15) is 0 Å². The van der Waals surface area contributed by atoms with Gasteiger partial charge in [-0.25, -0.2) is 9.97 Å². The van der Waals surface area contributed by atoms with Gasteiger partial charge in [0.25, 0.3) is 0 Å². The maximum Gasteiger partial charge on any atom is 0.221 e. The van der Waals surface area contributed by atoms with Gasteiger partial charge in [0.1, 0.15) is 5.65 Å². The number of rotatable bonds is 3. The third kappa shape index (κ3) is 3.99. The van der Waals surface area contributed by atoms with E-state index in [1.807, 2.05) is 6.07 Å². The SMILES string of the molecule is c1ccc2cc(-c3ccc4c(c3)c3cc(-c5ccc6ccccc6c5)ccc3n4-c3nc4ccccc4c4nc5ccccc5n34)ccc2c1. The predicted octanol–water partition coefficient (Wildman–Crippen LogP) is 11.8. The van der Waals surface area contributed by atoms with Gasteiger partial charge in [0.15, 0.2) is 0 Å². The number of para-hydroxylation sites is 3. The van der Waals surface area contributed by atoms with E-state index >= 15 is 0 Å². The number of aromatic nitrogens is 4. The zero-order valence-corrected chi connectivity index (χ0v) is 27.0. The van der Waals surface area contributed by atoms with Crippen molar-refractivity contribution in [2.75, 3.05) is 0 Å². The lowest BCUT2D eigenvalue weighted by Crippen LogP contribution is -2.06. The monoisotopic (exact) mass is 636 g/mol. The van der Waals surface area contributed by atoms with Gasteiger partial charge in [-0.3, -0.25) is 8.97 Å². The summed E-state index contributed by atoms with van der Waals surface area (Å²) in [6, 6.07) is 61.0. The summed E-state index contributed by atoms with van der Waals surface area (Å²) in [7, 11) is 0. The zero-order chi connectivity index (χ0) is 32.8.